The largest absolute Gasteiger partial charge is 0.471 e. The number of hydrogen-bond acceptors (Lipinski definition) is 6. The quantitative estimate of drug-likeness (QED) is 0.724. The molecule has 1 unspecified atom stereocenters. The van der Waals surface area contributed by atoms with Crippen molar-refractivity contribution in [2.75, 3.05) is 11.4 Å². The molecule has 0 saturated carbocycles. The number of benzene rings is 1. The first-order valence-electron chi connectivity index (χ1n) is 8.18. The molecular formula is C19H16N4O3. The Morgan fingerprint density at radius 1 is 1.19 bits per heavy atom. The molecule has 0 aliphatic carbocycles. The van der Waals surface area contributed by atoms with Gasteiger partial charge in [0.15, 0.2) is 0 Å². The molecule has 0 spiro atoms. The Hall–Kier alpha value is -3.48. The van der Waals surface area contributed by atoms with Gasteiger partial charge in [0.05, 0.1) is 12.7 Å². The van der Waals surface area contributed by atoms with E-state index in [9.17, 15) is 4.79 Å². The van der Waals surface area contributed by atoms with Gasteiger partial charge in [-0.05, 0) is 37.3 Å². The first-order valence-corrected chi connectivity index (χ1v) is 8.18. The zero-order valence-electron chi connectivity index (χ0n) is 14.1. The number of carbonyl (C=O) groups is 1. The van der Waals surface area contributed by atoms with Crippen LogP contribution in [0.3, 0.4) is 0 Å². The first-order chi connectivity index (χ1) is 12.7. The van der Waals surface area contributed by atoms with Crippen LogP contribution in [0.25, 0.3) is 0 Å². The molecule has 7 heteroatoms. The van der Waals surface area contributed by atoms with Gasteiger partial charge in [0, 0.05) is 24.2 Å². The van der Waals surface area contributed by atoms with Gasteiger partial charge in [0.25, 0.3) is 5.91 Å². The lowest BCUT2D eigenvalue weighted by molar-refractivity contribution is 0.0958. The molecule has 1 aliphatic rings. The lowest BCUT2D eigenvalue weighted by atomic mass is 10.1. The zero-order valence-corrected chi connectivity index (χ0v) is 14.1. The van der Waals surface area contributed by atoms with E-state index in [0.29, 0.717) is 35.3 Å². The van der Waals surface area contributed by atoms with Crippen molar-refractivity contribution in [2.45, 2.75) is 13.0 Å². The normalized spacial score (nSPS) is 15.7. The van der Waals surface area contributed by atoms with Crippen molar-refractivity contribution < 1.29 is 14.3 Å². The number of fused-ring (bicyclic) bond motifs is 1. The molecule has 0 N–H and O–H groups in total. The van der Waals surface area contributed by atoms with Crippen LogP contribution in [0.1, 0.15) is 17.3 Å². The highest BCUT2D eigenvalue weighted by molar-refractivity contribution is 6.07. The summed E-state index contributed by atoms with van der Waals surface area (Å²) < 4.78 is 11.4. The molecule has 3 heterocycles. The van der Waals surface area contributed by atoms with Crippen molar-refractivity contribution in [1.82, 2.24) is 15.0 Å². The van der Waals surface area contributed by atoms with Gasteiger partial charge in [-0.3, -0.25) is 14.7 Å². The third-order valence-corrected chi connectivity index (χ3v) is 3.88. The Balaban J connectivity index is 1.62. The number of amides is 1. The molecule has 3 aromatic rings. The van der Waals surface area contributed by atoms with Gasteiger partial charge in [0.2, 0.25) is 11.8 Å². The Bertz CT molecular complexity index is 933. The minimum Gasteiger partial charge on any atom is -0.471 e. The number of carbonyl (C=O) groups excluding carboxylic acids is 1. The van der Waals surface area contributed by atoms with Gasteiger partial charge in [0.1, 0.15) is 17.5 Å². The van der Waals surface area contributed by atoms with Gasteiger partial charge < -0.3 is 9.47 Å². The Morgan fingerprint density at radius 2 is 2.12 bits per heavy atom. The number of aromatic nitrogens is 3. The molecule has 7 nitrogen and oxygen atoms in total. The average molecular weight is 348 g/mol. The van der Waals surface area contributed by atoms with Crippen molar-refractivity contribution >= 4 is 11.6 Å². The van der Waals surface area contributed by atoms with Gasteiger partial charge >= 0.3 is 0 Å². The molecule has 1 amide bonds. The Morgan fingerprint density at radius 3 is 2.96 bits per heavy atom. The van der Waals surface area contributed by atoms with Crippen molar-refractivity contribution in [2.24, 2.45) is 0 Å². The molecule has 4 rings (SSSR count). The Labute approximate surface area is 150 Å². The molecule has 0 saturated heterocycles. The summed E-state index contributed by atoms with van der Waals surface area (Å²) in [6, 6.07) is 10.6. The summed E-state index contributed by atoms with van der Waals surface area (Å²) in [4.78, 5) is 27.0. The van der Waals surface area contributed by atoms with Crippen molar-refractivity contribution in [1.29, 1.82) is 0 Å². The first kappa shape index (κ1) is 16.0. The number of pyridine rings is 1. The predicted molar refractivity (Wildman–Crippen MR) is 94.6 cm³/mol. The van der Waals surface area contributed by atoms with E-state index in [4.69, 9.17) is 9.47 Å². The van der Waals surface area contributed by atoms with Crippen LogP contribution < -0.4 is 14.4 Å². The second kappa shape index (κ2) is 6.79. The average Bonchev–Trinajstić information content (AvgIpc) is 2.68. The third-order valence-electron chi connectivity index (χ3n) is 3.88. The molecule has 0 fully saturated rings. The van der Waals surface area contributed by atoms with Crippen molar-refractivity contribution in [3.05, 3.63) is 66.7 Å². The third kappa shape index (κ3) is 3.19. The van der Waals surface area contributed by atoms with Crippen molar-refractivity contribution in [3.63, 3.8) is 0 Å². The van der Waals surface area contributed by atoms with E-state index in [-0.39, 0.29) is 12.0 Å². The second-order valence-corrected chi connectivity index (χ2v) is 5.85. The lowest BCUT2D eigenvalue weighted by Crippen LogP contribution is -2.42. The van der Waals surface area contributed by atoms with Crippen LogP contribution in [0, 0.1) is 0 Å². The fraction of sp³-hybridized carbons (Fsp3) is 0.158. The fourth-order valence-electron chi connectivity index (χ4n) is 2.76. The van der Waals surface area contributed by atoms with Gasteiger partial charge in [-0.1, -0.05) is 6.07 Å². The van der Waals surface area contributed by atoms with E-state index < -0.39 is 0 Å². The van der Waals surface area contributed by atoms with E-state index in [2.05, 4.69) is 15.0 Å². The van der Waals surface area contributed by atoms with Crippen LogP contribution in [0.5, 0.6) is 17.5 Å². The highest BCUT2D eigenvalue weighted by atomic mass is 16.5. The SMILES string of the molecule is CC1CN(C(=O)c2cccc(Oc3cnccn3)c2)c2cccnc2O1. The van der Waals surface area contributed by atoms with Gasteiger partial charge in [-0.2, -0.15) is 0 Å². The highest BCUT2D eigenvalue weighted by Crippen LogP contribution is 2.32. The lowest BCUT2D eigenvalue weighted by Gasteiger charge is -2.32. The minimum atomic E-state index is -0.140. The van der Waals surface area contributed by atoms with Crippen molar-refractivity contribution in [3.8, 4) is 17.5 Å². The maximum atomic E-state index is 13.1. The van der Waals surface area contributed by atoms with Crippen LogP contribution in [0.2, 0.25) is 0 Å². The number of ether oxygens (including phenoxy) is 2. The smallest absolute Gasteiger partial charge is 0.258 e. The summed E-state index contributed by atoms with van der Waals surface area (Å²) in [5.41, 5.74) is 1.17. The maximum absolute atomic E-state index is 13.1. The molecule has 26 heavy (non-hydrogen) atoms. The molecule has 1 aliphatic heterocycles. The van der Waals surface area contributed by atoms with Gasteiger partial charge in [-0.15, -0.1) is 0 Å². The Kier molecular flexibility index (Phi) is 4.18. The minimum absolute atomic E-state index is 0.139. The highest BCUT2D eigenvalue weighted by Gasteiger charge is 2.29. The van der Waals surface area contributed by atoms with Crippen LogP contribution in [-0.4, -0.2) is 33.5 Å². The number of anilines is 1. The van der Waals surface area contributed by atoms with Crippen LogP contribution >= 0.6 is 0 Å². The van der Waals surface area contributed by atoms with E-state index in [1.54, 1.807) is 53.8 Å². The van der Waals surface area contributed by atoms with Crippen LogP contribution in [0.4, 0.5) is 5.69 Å². The molecule has 1 atom stereocenters. The summed E-state index contributed by atoms with van der Waals surface area (Å²) in [5.74, 6) is 1.21. The molecule has 130 valence electrons. The molecule has 1 aromatic carbocycles. The molecule has 2 aromatic heterocycles. The summed E-state index contributed by atoms with van der Waals surface area (Å²) in [6.07, 6.45) is 6.14. The summed E-state index contributed by atoms with van der Waals surface area (Å²) in [6.45, 7) is 2.36. The monoisotopic (exact) mass is 348 g/mol. The molecule has 0 bridgehead atoms. The topological polar surface area (TPSA) is 77.4 Å². The predicted octanol–water partition coefficient (Wildman–Crippen LogP) is 3.09. The van der Waals surface area contributed by atoms with E-state index in [1.165, 1.54) is 6.20 Å². The van der Waals surface area contributed by atoms with Crippen LogP contribution in [-0.2, 0) is 0 Å². The standard InChI is InChI=1S/C19H16N4O3/c1-13-12-23(16-6-3-7-22-18(16)25-13)19(24)14-4-2-5-15(10-14)26-17-11-20-8-9-21-17/h2-11,13H,12H2,1H3. The zero-order chi connectivity index (χ0) is 17.9. The summed E-state index contributed by atoms with van der Waals surface area (Å²) in [5, 5.41) is 0. The summed E-state index contributed by atoms with van der Waals surface area (Å²) in [7, 11) is 0. The van der Waals surface area contributed by atoms with Crippen LogP contribution in [0.15, 0.2) is 61.2 Å². The van der Waals surface area contributed by atoms with Gasteiger partial charge in [-0.25, -0.2) is 9.97 Å². The second-order valence-electron chi connectivity index (χ2n) is 5.85. The molecular weight excluding hydrogens is 332 g/mol. The number of nitrogens with zero attached hydrogens (tertiary/aromatic N) is 4. The fourth-order valence-corrected chi connectivity index (χ4v) is 2.76. The van der Waals surface area contributed by atoms with E-state index in [0.717, 1.165) is 0 Å². The number of hydrogen-bond donors (Lipinski definition) is 0. The maximum Gasteiger partial charge on any atom is 0.258 e. The molecule has 0 radical (unpaired) electrons. The number of rotatable bonds is 3. The summed E-state index contributed by atoms with van der Waals surface area (Å²) >= 11 is 0. The van der Waals surface area contributed by atoms with E-state index in [1.807, 2.05) is 13.0 Å². The van der Waals surface area contributed by atoms with E-state index >= 15 is 0 Å².